The van der Waals surface area contributed by atoms with E-state index in [9.17, 15) is 9.59 Å². The van der Waals surface area contributed by atoms with Gasteiger partial charge in [0, 0.05) is 0 Å². The molecule has 1 rings (SSSR count). The van der Waals surface area contributed by atoms with Crippen molar-refractivity contribution in [3.63, 3.8) is 0 Å². The van der Waals surface area contributed by atoms with Crippen LogP contribution >= 0.6 is 0 Å². The van der Waals surface area contributed by atoms with Crippen molar-refractivity contribution in [2.45, 2.75) is 31.8 Å². The lowest BCUT2D eigenvalue weighted by molar-refractivity contribution is -0.168. The number of esters is 1. The van der Waals surface area contributed by atoms with E-state index in [1.165, 1.54) is 7.11 Å². The summed E-state index contributed by atoms with van der Waals surface area (Å²) in [6.45, 7) is 2.46. The van der Waals surface area contributed by atoms with Crippen molar-refractivity contribution in [3.8, 4) is 0 Å². The van der Waals surface area contributed by atoms with Gasteiger partial charge in [0.1, 0.15) is 6.61 Å². The fraction of sp³-hybridized carbons (Fsp3) is 0.778. The lowest BCUT2D eigenvalue weighted by atomic mass is 10.1. The monoisotopic (exact) mass is 218 g/mol. The molecule has 6 heteroatoms. The predicted molar refractivity (Wildman–Crippen MR) is 47.9 cm³/mol. The quantitative estimate of drug-likeness (QED) is 0.627. The first-order valence-electron chi connectivity index (χ1n) is 4.48. The van der Waals surface area contributed by atoms with Crippen molar-refractivity contribution >= 4 is 11.8 Å². The van der Waals surface area contributed by atoms with Crippen molar-refractivity contribution in [1.82, 2.24) is 0 Å². The van der Waals surface area contributed by atoms with Crippen molar-refractivity contribution in [1.29, 1.82) is 0 Å². The van der Waals surface area contributed by atoms with Gasteiger partial charge in [0.15, 0.2) is 23.8 Å². The summed E-state index contributed by atoms with van der Waals surface area (Å²) in [6.07, 6.45) is -2.21. The van der Waals surface area contributed by atoms with Gasteiger partial charge in [0.25, 0.3) is 0 Å². The minimum absolute atomic E-state index is 0.601. The van der Waals surface area contributed by atoms with Crippen LogP contribution in [-0.4, -0.2) is 48.6 Å². The molecule has 0 radical (unpaired) electrons. The van der Waals surface area contributed by atoms with Crippen LogP contribution < -0.4 is 0 Å². The van der Waals surface area contributed by atoms with Crippen LogP contribution in [0.4, 0.5) is 0 Å². The van der Waals surface area contributed by atoms with Gasteiger partial charge in [-0.3, -0.25) is 4.79 Å². The van der Waals surface area contributed by atoms with E-state index < -0.39 is 36.4 Å². The number of carbonyl (C=O) groups is 2. The number of hydrogen-bond acceptors (Lipinski definition) is 6. The highest BCUT2D eigenvalue weighted by molar-refractivity contribution is 5.91. The molecule has 1 aliphatic heterocycles. The van der Waals surface area contributed by atoms with Crippen LogP contribution in [0.5, 0.6) is 0 Å². The second-order valence-corrected chi connectivity index (χ2v) is 3.62. The summed E-state index contributed by atoms with van der Waals surface area (Å²) in [7, 11) is 1.19. The molecular formula is C9H14O6. The number of hydrogen-bond donors (Lipinski definition) is 1. The summed E-state index contributed by atoms with van der Waals surface area (Å²) in [5, 5.41) is 8.70. The summed E-state index contributed by atoms with van der Waals surface area (Å²) < 4.78 is 14.9. The fourth-order valence-corrected chi connectivity index (χ4v) is 1.38. The summed E-state index contributed by atoms with van der Waals surface area (Å²) in [5.74, 6) is -2.32. The highest BCUT2D eigenvalue weighted by Gasteiger charge is 2.49. The van der Waals surface area contributed by atoms with Gasteiger partial charge >= 0.3 is 5.97 Å². The molecule has 0 aliphatic carbocycles. The smallest absolute Gasteiger partial charge is 0.338 e. The molecule has 1 N–H and O–H groups in total. The first-order chi connectivity index (χ1) is 6.91. The second-order valence-electron chi connectivity index (χ2n) is 3.62. The molecule has 0 aromatic carbocycles. The number of carbonyl (C=O) groups excluding carboxylic acids is 2. The van der Waals surface area contributed by atoms with Crippen LogP contribution in [-0.2, 0) is 23.8 Å². The molecule has 0 aromatic rings. The minimum atomic E-state index is -1.11. The lowest BCUT2D eigenvalue weighted by Crippen LogP contribution is -2.39. The molecule has 15 heavy (non-hydrogen) atoms. The number of aliphatic hydroxyl groups excluding tert-OH is 1. The van der Waals surface area contributed by atoms with Gasteiger partial charge in [0.05, 0.1) is 7.11 Å². The Balaban J connectivity index is 2.83. The van der Waals surface area contributed by atoms with Crippen LogP contribution in [0.25, 0.3) is 0 Å². The van der Waals surface area contributed by atoms with E-state index in [0.717, 1.165) is 0 Å². The Labute approximate surface area is 87.1 Å². The van der Waals surface area contributed by atoms with E-state index in [4.69, 9.17) is 14.6 Å². The number of Topliss-reactive ketones (excluding diaryl/α,β-unsaturated/α-hetero) is 1. The molecular weight excluding hydrogens is 204 g/mol. The van der Waals surface area contributed by atoms with Crippen molar-refractivity contribution < 1.29 is 28.9 Å². The van der Waals surface area contributed by atoms with Gasteiger partial charge in [-0.25, -0.2) is 4.79 Å². The molecule has 0 amide bonds. The highest BCUT2D eigenvalue weighted by Crippen LogP contribution is 2.29. The van der Waals surface area contributed by atoms with E-state index in [2.05, 4.69) is 4.74 Å². The van der Waals surface area contributed by atoms with Crippen LogP contribution in [0.1, 0.15) is 13.8 Å². The molecule has 6 nitrogen and oxygen atoms in total. The number of rotatable bonds is 3. The van der Waals surface area contributed by atoms with Gasteiger partial charge in [-0.05, 0) is 13.8 Å². The highest BCUT2D eigenvalue weighted by atomic mass is 16.8. The van der Waals surface area contributed by atoms with Crippen molar-refractivity contribution in [3.05, 3.63) is 0 Å². The average Bonchev–Trinajstić information content (AvgIpc) is 2.52. The molecule has 0 saturated carbocycles. The SMILES string of the molecule is COC(=O)[C@H]1OC(C)(C)OC1C(=O)CO. The maximum absolute atomic E-state index is 11.3. The predicted octanol–water partition coefficient (Wildman–Crippen LogP) is -0.759. The standard InChI is InChI=1S/C9H14O6/c1-9(2)14-6(5(11)4-10)7(15-9)8(12)13-3/h6-7,10H,4H2,1-3H3/t6?,7-/m0/s1. The van der Waals surface area contributed by atoms with Gasteiger partial charge in [-0.1, -0.05) is 0 Å². The largest absolute Gasteiger partial charge is 0.467 e. The molecule has 0 aromatic heterocycles. The Kier molecular flexibility index (Phi) is 3.43. The van der Waals surface area contributed by atoms with E-state index in [0.29, 0.717) is 0 Å². The molecule has 0 spiro atoms. The maximum atomic E-state index is 11.3. The van der Waals surface area contributed by atoms with Crippen molar-refractivity contribution in [2.75, 3.05) is 13.7 Å². The Bertz CT molecular complexity index is 246. The topological polar surface area (TPSA) is 82.1 Å². The summed E-state index contributed by atoms with van der Waals surface area (Å²) in [5.41, 5.74) is 0. The summed E-state index contributed by atoms with van der Waals surface area (Å²) in [6, 6.07) is 0. The first-order valence-corrected chi connectivity index (χ1v) is 4.48. The lowest BCUT2D eigenvalue weighted by Gasteiger charge is -2.15. The van der Waals surface area contributed by atoms with Crippen LogP contribution in [0, 0.1) is 0 Å². The van der Waals surface area contributed by atoms with E-state index in [1.807, 2.05) is 0 Å². The molecule has 1 heterocycles. The van der Waals surface area contributed by atoms with Crippen LogP contribution in [0.3, 0.4) is 0 Å². The Morgan fingerprint density at radius 3 is 2.33 bits per heavy atom. The second kappa shape index (κ2) is 4.26. The molecule has 86 valence electrons. The number of ketones is 1. The zero-order valence-electron chi connectivity index (χ0n) is 8.85. The summed E-state index contributed by atoms with van der Waals surface area (Å²) >= 11 is 0. The summed E-state index contributed by atoms with van der Waals surface area (Å²) in [4.78, 5) is 22.5. The Morgan fingerprint density at radius 2 is 1.87 bits per heavy atom. The average molecular weight is 218 g/mol. The Hall–Kier alpha value is -0.980. The number of ether oxygens (including phenoxy) is 3. The Morgan fingerprint density at radius 1 is 1.33 bits per heavy atom. The van der Waals surface area contributed by atoms with E-state index in [1.54, 1.807) is 13.8 Å². The number of aliphatic hydroxyl groups is 1. The minimum Gasteiger partial charge on any atom is -0.467 e. The third kappa shape index (κ3) is 2.53. The normalized spacial score (nSPS) is 28.8. The van der Waals surface area contributed by atoms with Gasteiger partial charge in [0.2, 0.25) is 0 Å². The zero-order chi connectivity index (χ0) is 11.6. The molecule has 1 aliphatic rings. The van der Waals surface area contributed by atoms with Gasteiger partial charge in [-0.2, -0.15) is 0 Å². The van der Waals surface area contributed by atoms with Crippen molar-refractivity contribution in [2.24, 2.45) is 0 Å². The zero-order valence-corrected chi connectivity index (χ0v) is 8.85. The van der Waals surface area contributed by atoms with Gasteiger partial charge in [-0.15, -0.1) is 0 Å². The number of methoxy groups -OCH3 is 1. The third-order valence-electron chi connectivity index (χ3n) is 2.00. The molecule has 1 fully saturated rings. The van der Waals surface area contributed by atoms with Gasteiger partial charge < -0.3 is 19.3 Å². The third-order valence-corrected chi connectivity index (χ3v) is 2.00. The molecule has 2 atom stereocenters. The van der Waals surface area contributed by atoms with E-state index >= 15 is 0 Å². The first kappa shape index (κ1) is 12.1. The fourth-order valence-electron chi connectivity index (χ4n) is 1.38. The van der Waals surface area contributed by atoms with E-state index in [-0.39, 0.29) is 0 Å². The van der Waals surface area contributed by atoms with Crippen LogP contribution in [0.15, 0.2) is 0 Å². The molecule has 1 saturated heterocycles. The maximum Gasteiger partial charge on any atom is 0.338 e. The van der Waals surface area contributed by atoms with Crippen LogP contribution in [0.2, 0.25) is 0 Å². The molecule has 1 unspecified atom stereocenters. The molecule has 0 bridgehead atoms.